The Morgan fingerprint density at radius 1 is 1.36 bits per heavy atom. The average Bonchev–Trinajstić information content (AvgIpc) is 3.34. The van der Waals surface area contributed by atoms with Gasteiger partial charge >= 0.3 is 6.09 Å². The van der Waals surface area contributed by atoms with Gasteiger partial charge in [-0.25, -0.2) is 13.6 Å². The molecule has 1 saturated carbocycles. The first-order valence-electron chi connectivity index (χ1n) is 8.83. The second-order valence-electron chi connectivity index (χ2n) is 7.48. The number of carbonyl (C=O) groups excluding carboxylic acids is 1. The lowest BCUT2D eigenvalue weighted by Gasteiger charge is -2.27. The highest BCUT2D eigenvalue weighted by atomic mass is 19.3. The molecule has 0 saturated heterocycles. The van der Waals surface area contributed by atoms with Crippen LogP contribution in [-0.4, -0.2) is 35.7 Å². The monoisotopic (exact) mass is 354 g/mol. The molecular weight excluding hydrogens is 326 g/mol. The molecule has 0 heterocycles. The summed E-state index contributed by atoms with van der Waals surface area (Å²) in [6.45, 7) is 7.49. The van der Waals surface area contributed by atoms with Crippen LogP contribution < -0.4 is 5.32 Å². The number of nitrogens with one attached hydrogen (secondary N) is 1. The van der Waals surface area contributed by atoms with E-state index in [0.717, 1.165) is 24.8 Å². The normalized spacial score (nSPS) is 14.6. The van der Waals surface area contributed by atoms with Gasteiger partial charge in [0, 0.05) is 24.7 Å². The van der Waals surface area contributed by atoms with Gasteiger partial charge in [0.2, 0.25) is 0 Å². The quantitative estimate of drug-likeness (QED) is 0.699. The van der Waals surface area contributed by atoms with Crippen molar-refractivity contribution in [2.45, 2.75) is 64.6 Å². The van der Waals surface area contributed by atoms with Crippen molar-refractivity contribution in [3.63, 3.8) is 0 Å². The maximum Gasteiger partial charge on any atom is 0.410 e. The molecule has 1 N–H and O–H groups in total. The molecular formula is C19H28F2N2O2. The summed E-state index contributed by atoms with van der Waals surface area (Å²) in [5.74, 6) is 0. The van der Waals surface area contributed by atoms with E-state index in [1.54, 1.807) is 6.07 Å². The molecule has 4 nitrogen and oxygen atoms in total. The van der Waals surface area contributed by atoms with Crippen molar-refractivity contribution in [2.24, 2.45) is 0 Å². The van der Waals surface area contributed by atoms with Crippen LogP contribution in [0.25, 0.3) is 0 Å². The van der Waals surface area contributed by atoms with Crippen molar-refractivity contribution in [3.05, 3.63) is 35.4 Å². The summed E-state index contributed by atoms with van der Waals surface area (Å²) in [5, 5.41) is 3.25. The van der Waals surface area contributed by atoms with Gasteiger partial charge in [0.1, 0.15) is 5.60 Å². The zero-order valence-electron chi connectivity index (χ0n) is 15.2. The second-order valence-corrected chi connectivity index (χ2v) is 7.48. The Morgan fingerprint density at radius 3 is 2.68 bits per heavy atom. The minimum atomic E-state index is -2.44. The Morgan fingerprint density at radius 2 is 2.08 bits per heavy atom. The van der Waals surface area contributed by atoms with Crippen LogP contribution in [0.15, 0.2) is 24.3 Å². The topological polar surface area (TPSA) is 41.6 Å². The number of alkyl halides is 2. The molecule has 1 fully saturated rings. The van der Waals surface area contributed by atoms with Crippen LogP contribution in [-0.2, 0) is 11.3 Å². The molecule has 0 aromatic heterocycles. The van der Waals surface area contributed by atoms with Gasteiger partial charge in [-0.05, 0) is 58.2 Å². The molecule has 25 heavy (non-hydrogen) atoms. The minimum absolute atomic E-state index is 0.0455. The molecule has 1 aliphatic rings. The highest BCUT2D eigenvalue weighted by molar-refractivity contribution is 5.69. The van der Waals surface area contributed by atoms with Gasteiger partial charge in [-0.3, -0.25) is 0 Å². The summed E-state index contributed by atoms with van der Waals surface area (Å²) >= 11 is 0. The number of benzene rings is 1. The number of amides is 1. The predicted octanol–water partition coefficient (Wildman–Crippen LogP) is 4.50. The van der Waals surface area contributed by atoms with E-state index in [1.807, 2.05) is 31.7 Å². The van der Waals surface area contributed by atoms with Crippen LogP contribution in [0.1, 0.15) is 57.6 Å². The third-order valence-electron chi connectivity index (χ3n) is 3.90. The molecule has 0 atom stereocenters. The highest BCUT2D eigenvalue weighted by Crippen LogP contribution is 2.28. The van der Waals surface area contributed by atoms with Crippen molar-refractivity contribution in [1.29, 1.82) is 0 Å². The van der Waals surface area contributed by atoms with Crippen molar-refractivity contribution in [2.75, 3.05) is 13.1 Å². The van der Waals surface area contributed by atoms with Gasteiger partial charge in [0.15, 0.2) is 0 Å². The van der Waals surface area contributed by atoms with Crippen LogP contribution in [0.5, 0.6) is 0 Å². The molecule has 0 bridgehead atoms. The van der Waals surface area contributed by atoms with Gasteiger partial charge in [-0.1, -0.05) is 18.2 Å². The van der Waals surface area contributed by atoms with E-state index in [2.05, 4.69) is 5.32 Å². The molecule has 1 aliphatic carbocycles. The van der Waals surface area contributed by atoms with Gasteiger partial charge < -0.3 is 15.0 Å². The van der Waals surface area contributed by atoms with Gasteiger partial charge in [0.25, 0.3) is 6.43 Å². The third-order valence-corrected chi connectivity index (χ3v) is 3.90. The van der Waals surface area contributed by atoms with E-state index < -0.39 is 12.0 Å². The molecule has 6 heteroatoms. The van der Waals surface area contributed by atoms with Crippen molar-refractivity contribution in [3.8, 4) is 0 Å². The highest BCUT2D eigenvalue weighted by Gasteiger charge is 2.34. The van der Waals surface area contributed by atoms with E-state index in [1.165, 1.54) is 12.1 Å². The number of hydrogen-bond donors (Lipinski definition) is 1. The Hall–Kier alpha value is -1.69. The lowest BCUT2D eigenvalue weighted by Crippen LogP contribution is -2.39. The minimum Gasteiger partial charge on any atom is -0.444 e. The fourth-order valence-electron chi connectivity index (χ4n) is 2.58. The van der Waals surface area contributed by atoms with E-state index >= 15 is 0 Å². The first-order chi connectivity index (χ1) is 11.8. The average molecular weight is 354 g/mol. The van der Waals surface area contributed by atoms with Crippen LogP contribution in [0, 0.1) is 0 Å². The molecule has 0 spiro atoms. The standard InChI is InChI=1S/C19H28F2N2O2/c1-19(2,3)25-18(24)23(16-8-9-16)11-5-10-22-13-14-6-4-7-15(12-14)17(20)21/h4,6-7,12,16-17,22H,5,8-11,13H2,1-3H3. The SMILES string of the molecule is CC(C)(C)OC(=O)N(CCCNCc1cccc(C(F)F)c1)C1CC1. The van der Waals surface area contributed by atoms with Crippen molar-refractivity contribution >= 4 is 6.09 Å². The Kier molecular flexibility index (Phi) is 6.76. The Balaban J connectivity index is 1.72. The third kappa shape index (κ3) is 6.98. The van der Waals surface area contributed by atoms with Crippen LogP contribution >= 0.6 is 0 Å². The summed E-state index contributed by atoms with van der Waals surface area (Å²) in [6, 6.07) is 6.74. The lowest BCUT2D eigenvalue weighted by atomic mass is 10.1. The first-order valence-corrected chi connectivity index (χ1v) is 8.83. The Labute approximate surface area is 148 Å². The smallest absolute Gasteiger partial charge is 0.410 e. The second kappa shape index (κ2) is 8.61. The molecule has 1 amide bonds. The predicted molar refractivity (Wildman–Crippen MR) is 93.7 cm³/mol. The number of halogens is 2. The number of rotatable bonds is 8. The van der Waals surface area contributed by atoms with Crippen LogP contribution in [0.2, 0.25) is 0 Å². The Bertz CT molecular complexity index is 569. The summed E-state index contributed by atoms with van der Waals surface area (Å²) in [7, 11) is 0. The number of hydrogen-bond acceptors (Lipinski definition) is 3. The zero-order valence-corrected chi connectivity index (χ0v) is 15.2. The van der Waals surface area contributed by atoms with E-state index in [9.17, 15) is 13.6 Å². The van der Waals surface area contributed by atoms with Crippen molar-refractivity contribution in [1.82, 2.24) is 10.2 Å². The number of ether oxygens (including phenoxy) is 1. The molecule has 1 aromatic rings. The molecule has 0 unspecified atom stereocenters. The molecule has 140 valence electrons. The molecule has 0 aliphatic heterocycles. The van der Waals surface area contributed by atoms with Crippen LogP contribution in [0.4, 0.5) is 13.6 Å². The summed E-state index contributed by atoms with van der Waals surface area (Å²) in [4.78, 5) is 14.0. The molecule has 2 rings (SSSR count). The van der Waals surface area contributed by atoms with E-state index in [4.69, 9.17) is 4.74 Å². The molecule has 1 aromatic carbocycles. The fraction of sp³-hybridized carbons (Fsp3) is 0.632. The zero-order chi connectivity index (χ0) is 18.4. The summed E-state index contributed by atoms with van der Waals surface area (Å²) < 4.78 is 30.8. The van der Waals surface area contributed by atoms with Crippen molar-refractivity contribution < 1.29 is 18.3 Å². The number of nitrogens with zero attached hydrogens (tertiary/aromatic N) is 1. The maximum absolute atomic E-state index is 12.7. The first kappa shape index (κ1) is 19.6. The van der Waals surface area contributed by atoms with Gasteiger partial charge in [-0.15, -0.1) is 0 Å². The van der Waals surface area contributed by atoms with Gasteiger partial charge in [0.05, 0.1) is 0 Å². The number of carbonyl (C=O) groups is 1. The summed E-state index contributed by atoms with van der Waals surface area (Å²) in [6.07, 6.45) is 0.172. The van der Waals surface area contributed by atoms with Gasteiger partial charge in [-0.2, -0.15) is 0 Å². The fourth-order valence-corrected chi connectivity index (χ4v) is 2.58. The van der Waals surface area contributed by atoms with Crippen LogP contribution in [0.3, 0.4) is 0 Å². The maximum atomic E-state index is 12.7. The van der Waals surface area contributed by atoms with E-state index in [-0.39, 0.29) is 11.7 Å². The summed E-state index contributed by atoms with van der Waals surface area (Å²) in [5.41, 5.74) is 0.395. The lowest BCUT2D eigenvalue weighted by molar-refractivity contribution is 0.0232. The van der Waals surface area contributed by atoms with E-state index in [0.29, 0.717) is 25.7 Å². The molecule has 0 radical (unpaired) electrons. The largest absolute Gasteiger partial charge is 0.444 e.